The maximum atomic E-state index is 4.26. The number of hydrogen-bond acceptors (Lipinski definition) is 1. The molecule has 1 radical (unpaired) electrons. The Morgan fingerprint density at radius 3 is 2.44 bits per heavy atom. The molecule has 0 atom stereocenters. The number of hydrogen-bond donors (Lipinski definition) is 0. The molecule has 1 aromatic heterocycles. The average Bonchev–Trinajstić information content (AvgIpc) is 2.35. The lowest BCUT2D eigenvalue weighted by molar-refractivity contribution is 1.38. The molecule has 0 aliphatic heterocycles. The number of benzene rings is 2. The highest BCUT2D eigenvalue weighted by atomic mass is 14.6. The quantitative estimate of drug-likeness (QED) is 0.438. The lowest BCUT2D eigenvalue weighted by Crippen LogP contribution is -2.12. The summed E-state index contributed by atoms with van der Waals surface area (Å²) >= 11 is 0. The first-order valence-electron chi connectivity index (χ1n) is 5.44. The van der Waals surface area contributed by atoms with E-state index in [2.05, 4.69) is 48.7 Å². The van der Waals surface area contributed by atoms with E-state index in [-0.39, 0.29) is 0 Å². The van der Waals surface area contributed by atoms with E-state index in [0.717, 1.165) is 0 Å². The number of aromatic nitrogens is 1. The van der Waals surface area contributed by atoms with Gasteiger partial charge in [-0.15, -0.1) is 0 Å². The molecule has 2 aromatic carbocycles. The molecule has 0 unspecified atom stereocenters. The van der Waals surface area contributed by atoms with Gasteiger partial charge in [-0.2, -0.15) is 0 Å². The topological polar surface area (TPSA) is 12.9 Å². The number of pyridine rings is 1. The van der Waals surface area contributed by atoms with E-state index < -0.39 is 0 Å². The largest absolute Gasteiger partial charge is 0.265 e. The van der Waals surface area contributed by atoms with E-state index >= 15 is 0 Å². The number of fused-ring (bicyclic) bond motifs is 2. The third-order valence-corrected chi connectivity index (χ3v) is 2.97. The molecule has 1 heterocycles. The Morgan fingerprint density at radius 2 is 1.69 bits per heavy atom. The van der Waals surface area contributed by atoms with Crippen LogP contribution in [0.2, 0.25) is 6.82 Å². The van der Waals surface area contributed by atoms with Gasteiger partial charge in [0.25, 0.3) is 0 Å². The molecular formula is C14H11BN. The predicted octanol–water partition coefficient (Wildman–Crippen LogP) is 2.77. The molecule has 0 aliphatic carbocycles. The first-order chi connectivity index (χ1) is 7.88. The minimum atomic E-state index is 1.20. The van der Waals surface area contributed by atoms with Crippen molar-refractivity contribution in [3.05, 3.63) is 48.8 Å². The van der Waals surface area contributed by atoms with Crippen molar-refractivity contribution < 1.29 is 0 Å². The fraction of sp³-hybridized carbons (Fsp3) is 0.0714. The minimum absolute atomic E-state index is 1.20. The normalized spacial score (nSPS) is 10.8. The maximum Gasteiger partial charge on any atom is 0.151 e. The van der Waals surface area contributed by atoms with Crippen molar-refractivity contribution >= 4 is 34.3 Å². The van der Waals surface area contributed by atoms with Crippen LogP contribution >= 0.6 is 0 Å². The highest BCUT2D eigenvalue weighted by Gasteiger charge is 2.02. The standard InChI is InChI=1S/C14H11BN/c1-15-14-9-16-8-12-6-10-4-2-3-5-11(10)7-13(12)14/h2-9H,1H3. The van der Waals surface area contributed by atoms with Crippen LogP contribution in [0, 0.1) is 0 Å². The monoisotopic (exact) mass is 204 g/mol. The second-order valence-electron chi connectivity index (χ2n) is 3.94. The summed E-state index contributed by atoms with van der Waals surface area (Å²) in [4.78, 5) is 4.26. The van der Waals surface area contributed by atoms with Crippen molar-refractivity contribution in [1.29, 1.82) is 0 Å². The zero-order chi connectivity index (χ0) is 11.0. The Bertz CT molecular complexity index is 661. The van der Waals surface area contributed by atoms with E-state index in [1.807, 2.05) is 19.2 Å². The van der Waals surface area contributed by atoms with Crippen LogP contribution in [-0.4, -0.2) is 12.3 Å². The Hall–Kier alpha value is -1.83. The summed E-state index contributed by atoms with van der Waals surface area (Å²) in [5, 5.41) is 5.03. The molecule has 0 spiro atoms. The minimum Gasteiger partial charge on any atom is -0.265 e. The van der Waals surface area contributed by atoms with Crippen LogP contribution in [0.15, 0.2) is 48.8 Å². The van der Waals surface area contributed by atoms with Gasteiger partial charge in [0.2, 0.25) is 0 Å². The van der Waals surface area contributed by atoms with Crippen LogP contribution < -0.4 is 5.46 Å². The van der Waals surface area contributed by atoms with Gasteiger partial charge in [0.05, 0.1) is 0 Å². The lowest BCUT2D eigenvalue weighted by Gasteiger charge is -2.05. The summed E-state index contributed by atoms with van der Waals surface area (Å²) < 4.78 is 0. The molecule has 0 aliphatic rings. The molecule has 0 fully saturated rings. The summed E-state index contributed by atoms with van der Waals surface area (Å²) in [5.74, 6) is 0. The van der Waals surface area contributed by atoms with Crippen molar-refractivity contribution in [1.82, 2.24) is 4.98 Å². The molecule has 3 aromatic rings. The first-order valence-corrected chi connectivity index (χ1v) is 5.44. The molecule has 0 saturated heterocycles. The number of nitrogens with zero attached hydrogens (tertiary/aromatic N) is 1. The molecule has 0 saturated carbocycles. The Kier molecular flexibility index (Phi) is 2.14. The SMILES string of the molecule is C[B]c1cncc2cc3ccccc3cc12. The fourth-order valence-electron chi connectivity index (χ4n) is 2.11. The van der Waals surface area contributed by atoms with Crippen molar-refractivity contribution in [3.63, 3.8) is 0 Å². The van der Waals surface area contributed by atoms with Gasteiger partial charge >= 0.3 is 0 Å². The summed E-state index contributed by atoms with van der Waals surface area (Å²) in [5.41, 5.74) is 1.20. The second kappa shape index (κ2) is 3.64. The lowest BCUT2D eigenvalue weighted by atomic mass is 9.72. The molecule has 3 rings (SSSR count). The molecule has 0 N–H and O–H groups in total. The van der Waals surface area contributed by atoms with Crippen LogP contribution in [0.5, 0.6) is 0 Å². The molecule has 2 heteroatoms. The molecule has 1 nitrogen and oxygen atoms in total. The third kappa shape index (κ3) is 1.38. The van der Waals surface area contributed by atoms with Gasteiger partial charge in [0, 0.05) is 17.8 Å². The molecule has 0 bridgehead atoms. The van der Waals surface area contributed by atoms with E-state index in [9.17, 15) is 0 Å². The summed E-state index contributed by atoms with van der Waals surface area (Å²) in [6.07, 6.45) is 3.84. The molecule has 75 valence electrons. The predicted molar refractivity (Wildman–Crippen MR) is 70.5 cm³/mol. The second-order valence-corrected chi connectivity index (χ2v) is 3.94. The summed E-state index contributed by atoms with van der Waals surface area (Å²) in [7, 11) is 2.10. The van der Waals surface area contributed by atoms with Crippen molar-refractivity contribution in [2.75, 3.05) is 0 Å². The van der Waals surface area contributed by atoms with E-state index in [0.29, 0.717) is 0 Å². The van der Waals surface area contributed by atoms with Crippen LogP contribution in [-0.2, 0) is 0 Å². The summed E-state index contributed by atoms with van der Waals surface area (Å²) in [6.45, 7) is 2.05. The van der Waals surface area contributed by atoms with Crippen molar-refractivity contribution in [2.45, 2.75) is 6.82 Å². The molecular weight excluding hydrogens is 193 g/mol. The van der Waals surface area contributed by atoms with Gasteiger partial charge in [-0.05, 0) is 28.3 Å². The van der Waals surface area contributed by atoms with Crippen LogP contribution in [0.4, 0.5) is 0 Å². The van der Waals surface area contributed by atoms with Gasteiger partial charge < -0.3 is 0 Å². The number of rotatable bonds is 1. The zero-order valence-electron chi connectivity index (χ0n) is 9.14. The summed E-state index contributed by atoms with van der Waals surface area (Å²) in [6, 6.07) is 12.9. The Labute approximate surface area is 95.4 Å². The Balaban J connectivity index is 2.46. The third-order valence-electron chi connectivity index (χ3n) is 2.97. The molecule has 16 heavy (non-hydrogen) atoms. The van der Waals surface area contributed by atoms with Crippen LogP contribution in [0.3, 0.4) is 0 Å². The van der Waals surface area contributed by atoms with E-state index in [1.165, 1.54) is 27.0 Å². The average molecular weight is 204 g/mol. The van der Waals surface area contributed by atoms with Gasteiger partial charge in [0.15, 0.2) is 7.28 Å². The fourth-order valence-corrected chi connectivity index (χ4v) is 2.11. The first kappa shape index (κ1) is 9.40. The zero-order valence-corrected chi connectivity index (χ0v) is 9.14. The van der Waals surface area contributed by atoms with Gasteiger partial charge in [0.1, 0.15) is 0 Å². The van der Waals surface area contributed by atoms with Gasteiger partial charge in [-0.3, -0.25) is 4.98 Å². The van der Waals surface area contributed by atoms with Crippen LogP contribution in [0.1, 0.15) is 0 Å². The van der Waals surface area contributed by atoms with E-state index in [4.69, 9.17) is 0 Å². The highest BCUT2D eigenvalue weighted by Crippen LogP contribution is 2.20. The van der Waals surface area contributed by atoms with Crippen molar-refractivity contribution in [2.24, 2.45) is 0 Å². The van der Waals surface area contributed by atoms with Gasteiger partial charge in [-0.1, -0.05) is 36.6 Å². The Morgan fingerprint density at radius 1 is 0.938 bits per heavy atom. The molecule has 0 amide bonds. The smallest absolute Gasteiger partial charge is 0.151 e. The van der Waals surface area contributed by atoms with Gasteiger partial charge in [-0.25, -0.2) is 0 Å². The highest BCUT2D eigenvalue weighted by molar-refractivity contribution is 6.55. The van der Waals surface area contributed by atoms with Crippen LogP contribution in [0.25, 0.3) is 21.5 Å². The van der Waals surface area contributed by atoms with Crippen molar-refractivity contribution in [3.8, 4) is 0 Å². The van der Waals surface area contributed by atoms with E-state index in [1.54, 1.807) is 0 Å². The maximum absolute atomic E-state index is 4.26.